The Morgan fingerprint density at radius 1 is 1.47 bits per heavy atom. The number of hydrogen-bond donors (Lipinski definition) is 0. The molecule has 4 heteroatoms. The average molecular weight is 245 g/mol. The summed E-state index contributed by atoms with van der Waals surface area (Å²) in [6.07, 6.45) is 0.736. The molecule has 0 saturated carbocycles. The van der Waals surface area contributed by atoms with Gasteiger partial charge in [0.05, 0.1) is 5.56 Å². The van der Waals surface area contributed by atoms with Crippen molar-refractivity contribution < 1.29 is 9.53 Å². The van der Waals surface area contributed by atoms with Crippen LogP contribution in [0.25, 0.3) is 0 Å². The van der Waals surface area contributed by atoms with E-state index in [0.717, 1.165) is 12.0 Å². The second kappa shape index (κ2) is 3.39. The van der Waals surface area contributed by atoms with Gasteiger partial charge in [-0.15, -0.1) is 0 Å². The summed E-state index contributed by atoms with van der Waals surface area (Å²) in [4.78, 5) is 11.2. The van der Waals surface area contributed by atoms with Gasteiger partial charge in [-0.25, -0.2) is 0 Å². The minimum Gasteiger partial charge on any atom is -0.486 e. The molecule has 2 rings (SSSR count). The zero-order valence-corrected chi connectivity index (χ0v) is 9.95. The van der Waals surface area contributed by atoms with E-state index in [1.54, 1.807) is 0 Å². The summed E-state index contributed by atoms with van der Waals surface area (Å²) in [7, 11) is 0. The van der Waals surface area contributed by atoms with Gasteiger partial charge in [-0.3, -0.25) is 4.79 Å². The first-order chi connectivity index (χ1) is 6.89. The van der Waals surface area contributed by atoms with Crippen LogP contribution in [0, 0.1) is 0 Å². The first-order valence-electron chi connectivity index (χ1n) is 4.60. The van der Waals surface area contributed by atoms with Crippen LogP contribution in [-0.4, -0.2) is 10.8 Å². The molecule has 1 heterocycles. The van der Waals surface area contributed by atoms with Gasteiger partial charge in [0.1, 0.15) is 11.4 Å². The Labute approximate surface area is 98.1 Å². The molecule has 80 valence electrons. The average Bonchev–Trinajstić information content (AvgIpc) is 2.36. The van der Waals surface area contributed by atoms with Crippen LogP contribution >= 0.6 is 23.2 Å². The van der Waals surface area contributed by atoms with Gasteiger partial charge in [0, 0.05) is 17.0 Å². The normalized spacial score (nSPS) is 17.1. The van der Waals surface area contributed by atoms with Crippen molar-refractivity contribution in [1.29, 1.82) is 0 Å². The highest BCUT2D eigenvalue weighted by Gasteiger charge is 2.33. The van der Waals surface area contributed by atoms with E-state index in [0.29, 0.717) is 16.3 Å². The number of carbonyl (C=O) groups is 1. The van der Waals surface area contributed by atoms with E-state index in [4.69, 9.17) is 27.9 Å². The van der Waals surface area contributed by atoms with Crippen molar-refractivity contribution in [2.24, 2.45) is 0 Å². The number of hydrogen-bond acceptors (Lipinski definition) is 2. The number of rotatable bonds is 1. The van der Waals surface area contributed by atoms with Crippen LogP contribution in [0.2, 0.25) is 5.02 Å². The van der Waals surface area contributed by atoms with Crippen molar-refractivity contribution in [1.82, 2.24) is 0 Å². The third-order valence-electron chi connectivity index (χ3n) is 2.34. The third kappa shape index (κ3) is 1.97. The van der Waals surface area contributed by atoms with E-state index in [1.807, 2.05) is 19.9 Å². The number of carbonyl (C=O) groups excluding carboxylic acids is 1. The van der Waals surface area contributed by atoms with E-state index in [2.05, 4.69) is 0 Å². The molecule has 1 aliphatic rings. The van der Waals surface area contributed by atoms with Crippen LogP contribution in [0.5, 0.6) is 5.75 Å². The third-order valence-corrected chi connectivity index (χ3v) is 2.76. The molecule has 0 unspecified atom stereocenters. The molecule has 0 fully saturated rings. The molecule has 1 aliphatic heterocycles. The largest absolute Gasteiger partial charge is 0.486 e. The lowest BCUT2D eigenvalue weighted by Crippen LogP contribution is -2.25. The number of ether oxygens (including phenoxy) is 1. The maximum Gasteiger partial charge on any atom is 0.256 e. The SMILES string of the molecule is CC1(C)Cc2cc(Cl)cc(C(=O)Cl)c2O1. The fourth-order valence-corrected chi connectivity index (χ4v) is 2.20. The zero-order valence-electron chi connectivity index (χ0n) is 8.43. The van der Waals surface area contributed by atoms with E-state index in [9.17, 15) is 4.79 Å². The van der Waals surface area contributed by atoms with Gasteiger partial charge in [0.25, 0.3) is 5.24 Å². The Bertz CT molecular complexity index is 438. The summed E-state index contributed by atoms with van der Waals surface area (Å²) >= 11 is 11.4. The highest BCUT2D eigenvalue weighted by molar-refractivity contribution is 6.68. The van der Waals surface area contributed by atoms with Crippen LogP contribution in [0.3, 0.4) is 0 Å². The van der Waals surface area contributed by atoms with Gasteiger partial charge >= 0.3 is 0 Å². The molecule has 0 aromatic heterocycles. The van der Waals surface area contributed by atoms with E-state index in [-0.39, 0.29) is 5.60 Å². The number of benzene rings is 1. The summed E-state index contributed by atoms with van der Waals surface area (Å²) in [6, 6.07) is 3.35. The Hall–Kier alpha value is -0.730. The van der Waals surface area contributed by atoms with Crippen LogP contribution in [-0.2, 0) is 6.42 Å². The maximum absolute atomic E-state index is 11.2. The first-order valence-corrected chi connectivity index (χ1v) is 5.36. The molecule has 2 nitrogen and oxygen atoms in total. The van der Waals surface area contributed by atoms with Gasteiger partial charge in [-0.05, 0) is 37.6 Å². The number of fused-ring (bicyclic) bond motifs is 1. The fourth-order valence-electron chi connectivity index (χ4n) is 1.82. The van der Waals surface area contributed by atoms with Crippen molar-refractivity contribution in [2.45, 2.75) is 25.9 Å². The summed E-state index contributed by atoms with van der Waals surface area (Å²) < 4.78 is 5.68. The molecule has 0 saturated heterocycles. The lowest BCUT2D eigenvalue weighted by molar-refractivity contribution is 0.106. The molecular weight excluding hydrogens is 235 g/mol. The van der Waals surface area contributed by atoms with Crippen molar-refractivity contribution >= 4 is 28.4 Å². The fraction of sp³-hybridized carbons (Fsp3) is 0.364. The molecule has 0 spiro atoms. The topological polar surface area (TPSA) is 26.3 Å². The Morgan fingerprint density at radius 3 is 2.73 bits per heavy atom. The van der Waals surface area contributed by atoms with Crippen molar-refractivity contribution in [3.05, 3.63) is 28.3 Å². The van der Waals surface area contributed by atoms with Crippen LogP contribution in [0.1, 0.15) is 29.8 Å². The zero-order chi connectivity index (χ0) is 11.2. The lowest BCUT2D eigenvalue weighted by atomic mass is 10.0. The molecule has 1 aromatic rings. The van der Waals surface area contributed by atoms with Crippen LogP contribution in [0.15, 0.2) is 12.1 Å². The maximum atomic E-state index is 11.2. The predicted molar refractivity (Wildman–Crippen MR) is 60.0 cm³/mol. The molecule has 0 radical (unpaired) electrons. The molecule has 1 aromatic carbocycles. The lowest BCUT2D eigenvalue weighted by Gasteiger charge is -2.17. The molecule has 0 amide bonds. The second-order valence-corrected chi connectivity index (χ2v) is 5.03. The van der Waals surface area contributed by atoms with Gasteiger partial charge < -0.3 is 4.74 Å². The molecule has 0 N–H and O–H groups in total. The highest BCUT2D eigenvalue weighted by atomic mass is 35.5. The first kappa shape index (κ1) is 10.8. The quantitative estimate of drug-likeness (QED) is 0.708. The molecular formula is C11H10Cl2O2. The summed E-state index contributed by atoms with van der Waals surface area (Å²) in [5, 5.41) is -0.0227. The minimum absolute atomic E-state index is 0.298. The van der Waals surface area contributed by atoms with Gasteiger partial charge in [-0.1, -0.05) is 11.6 Å². The standard InChI is InChI=1S/C11H10Cl2O2/c1-11(2)5-6-3-7(12)4-8(10(13)14)9(6)15-11/h3-4H,5H2,1-2H3. The van der Waals surface area contributed by atoms with E-state index >= 15 is 0 Å². The van der Waals surface area contributed by atoms with Gasteiger partial charge in [0.2, 0.25) is 0 Å². The van der Waals surface area contributed by atoms with Gasteiger partial charge in [-0.2, -0.15) is 0 Å². The van der Waals surface area contributed by atoms with Crippen LogP contribution < -0.4 is 4.74 Å². The predicted octanol–water partition coefficient (Wildman–Crippen LogP) is 3.43. The summed E-state index contributed by atoms with van der Waals surface area (Å²) in [6.45, 7) is 3.92. The smallest absolute Gasteiger partial charge is 0.256 e. The molecule has 0 atom stereocenters. The second-order valence-electron chi connectivity index (χ2n) is 4.25. The monoisotopic (exact) mass is 244 g/mol. The Kier molecular flexibility index (Phi) is 2.44. The van der Waals surface area contributed by atoms with Crippen molar-refractivity contribution in [2.75, 3.05) is 0 Å². The van der Waals surface area contributed by atoms with E-state index < -0.39 is 5.24 Å². The Morgan fingerprint density at radius 2 is 2.13 bits per heavy atom. The highest BCUT2D eigenvalue weighted by Crippen LogP contribution is 2.40. The van der Waals surface area contributed by atoms with E-state index in [1.165, 1.54) is 6.07 Å². The Balaban J connectivity index is 2.58. The van der Waals surface area contributed by atoms with Crippen LogP contribution in [0.4, 0.5) is 0 Å². The summed E-state index contributed by atoms with van der Waals surface area (Å²) in [5.41, 5.74) is 0.995. The minimum atomic E-state index is -0.536. The summed E-state index contributed by atoms with van der Waals surface area (Å²) in [5.74, 6) is 0.574. The van der Waals surface area contributed by atoms with Crippen molar-refractivity contribution in [3.8, 4) is 5.75 Å². The van der Waals surface area contributed by atoms with Gasteiger partial charge in [0.15, 0.2) is 0 Å². The molecule has 0 bridgehead atoms. The molecule has 0 aliphatic carbocycles. The molecule has 15 heavy (non-hydrogen) atoms. The van der Waals surface area contributed by atoms with Crippen molar-refractivity contribution in [3.63, 3.8) is 0 Å². The number of halogens is 2.